The van der Waals surface area contributed by atoms with Gasteiger partial charge >= 0.3 is 0 Å². The Bertz CT molecular complexity index is 442. The Hall–Kier alpha value is -1.72. The molecule has 0 heterocycles. The van der Waals surface area contributed by atoms with Gasteiger partial charge < -0.3 is 10.4 Å². The average Bonchev–Trinajstić information content (AvgIpc) is 2.35. The lowest BCUT2D eigenvalue weighted by Gasteiger charge is -2.22. The number of nitro groups is 1. The minimum atomic E-state index is -0.398. The van der Waals surface area contributed by atoms with Gasteiger partial charge in [0.1, 0.15) is 0 Å². The Morgan fingerprint density at radius 1 is 1.44 bits per heavy atom. The Morgan fingerprint density at radius 2 is 2.11 bits per heavy atom. The van der Waals surface area contributed by atoms with Crippen LogP contribution in [0.1, 0.15) is 19.4 Å². The summed E-state index contributed by atoms with van der Waals surface area (Å²) in [4.78, 5) is 10.4. The molecule has 0 fully saturated rings. The van der Waals surface area contributed by atoms with Crippen molar-refractivity contribution in [2.24, 2.45) is 0 Å². The summed E-state index contributed by atoms with van der Waals surface area (Å²) in [5, 5.41) is 23.0. The summed E-state index contributed by atoms with van der Waals surface area (Å²) in [6.45, 7) is 4.34. The van der Waals surface area contributed by atoms with Crippen LogP contribution in [0.15, 0.2) is 30.3 Å². The minimum Gasteiger partial charge on any atom is -0.394 e. The quantitative estimate of drug-likeness (QED) is 0.598. The molecule has 0 radical (unpaired) electrons. The molecule has 2 N–H and O–H groups in total. The molecule has 0 unspecified atom stereocenters. The van der Waals surface area contributed by atoms with Crippen LogP contribution >= 0.6 is 0 Å². The molecule has 0 aliphatic heterocycles. The number of nitro benzene ring substituents is 1. The van der Waals surface area contributed by atoms with Crippen LogP contribution in [0.2, 0.25) is 0 Å². The lowest BCUT2D eigenvalue weighted by atomic mass is 10.1. The average molecular weight is 250 g/mol. The normalized spacial score (nSPS) is 11.9. The van der Waals surface area contributed by atoms with Gasteiger partial charge in [0.25, 0.3) is 5.69 Å². The molecule has 0 atom stereocenters. The third-order valence-electron chi connectivity index (χ3n) is 2.52. The van der Waals surface area contributed by atoms with E-state index in [1.54, 1.807) is 30.4 Å². The van der Waals surface area contributed by atoms with Gasteiger partial charge in [0.15, 0.2) is 0 Å². The predicted octanol–water partition coefficient (Wildman–Crippen LogP) is 1.97. The van der Waals surface area contributed by atoms with Crippen LogP contribution < -0.4 is 5.32 Å². The Morgan fingerprint density at radius 3 is 2.72 bits per heavy atom. The van der Waals surface area contributed by atoms with Crippen LogP contribution in [-0.2, 0) is 0 Å². The molecule has 1 aromatic rings. The van der Waals surface area contributed by atoms with E-state index >= 15 is 0 Å². The molecule has 0 amide bonds. The van der Waals surface area contributed by atoms with Crippen molar-refractivity contribution in [2.75, 3.05) is 13.2 Å². The van der Waals surface area contributed by atoms with E-state index in [0.717, 1.165) is 0 Å². The third-order valence-corrected chi connectivity index (χ3v) is 2.52. The van der Waals surface area contributed by atoms with Gasteiger partial charge in [-0.15, -0.1) is 0 Å². The highest BCUT2D eigenvalue weighted by Gasteiger charge is 2.13. The molecule has 0 aliphatic carbocycles. The SMILES string of the molecule is CC(C)(CO)NC/C=C/c1ccccc1[N+](=O)[O-]. The van der Waals surface area contributed by atoms with Crippen molar-refractivity contribution in [3.05, 3.63) is 46.0 Å². The lowest BCUT2D eigenvalue weighted by Crippen LogP contribution is -2.42. The zero-order valence-corrected chi connectivity index (χ0v) is 10.6. The molecule has 0 saturated carbocycles. The van der Waals surface area contributed by atoms with Crippen LogP contribution in [-0.4, -0.2) is 28.7 Å². The molecule has 0 aliphatic rings. The summed E-state index contributed by atoms with van der Waals surface area (Å²) < 4.78 is 0. The molecule has 5 heteroatoms. The number of aliphatic hydroxyl groups is 1. The summed E-state index contributed by atoms with van der Waals surface area (Å²) in [7, 11) is 0. The lowest BCUT2D eigenvalue weighted by molar-refractivity contribution is -0.385. The van der Waals surface area contributed by atoms with Crippen LogP contribution in [0.25, 0.3) is 6.08 Å². The van der Waals surface area contributed by atoms with Gasteiger partial charge in [-0.25, -0.2) is 0 Å². The number of benzene rings is 1. The molecule has 0 saturated heterocycles. The van der Waals surface area contributed by atoms with Gasteiger partial charge in [-0.3, -0.25) is 10.1 Å². The number of para-hydroxylation sites is 1. The molecular weight excluding hydrogens is 232 g/mol. The molecule has 5 nitrogen and oxygen atoms in total. The molecule has 0 spiro atoms. The summed E-state index contributed by atoms with van der Waals surface area (Å²) >= 11 is 0. The van der Waals surface area contributed by atoms with Crippen LogP contribution in [0.4, 0.5) is 5.69 Å². The highest BCUT2D eigenvalue weighted by molar-refractivity contribution is 5.60. The van der Waals surface area contributed by atoms with E-state index in [4.69, 9.17) is 5.11 Å². The molecular formula is C13H18N2O3. The number of hydrogen-bond acceptors (Lipinski definition) is 4. The predicted molar refractivity (Wildman–Crippen MR) is 71.3 cm³/mol. The first-order valence-electron chi connectivity index (χ1n) is 5.72. The highest BCUT2D eigenvalue weighted by Crippen LogP contribution is 2.18. The fraction of sp³-hybridized carbons (Fsp3) is 0.385. The van der Waals surface area contributed by atoms with Crippen molar-refractivity contribution >= 4 is 11.8 Å². The number of hydrogen-bond donors (Lipinski definition) is 2. The van der Waals surface area contributed by atoms with Gasteiger partial charge in [0.2, 0.25) is 0 Å². The van der Waals surface area contributed by atoms with E-state index in [1.807, 2.05) is 13.8 Å². The van der Waals surface area contributed by atoms with E-state index < -0.39 is 4.92 Å². The topological polar surface area (TPSA) is 75.4 Å². The number of rotatable bonds is 6. The number of aliphatic hydroxyl groups excluding tert-OH is 1. The maximum atomic E-state index is 10.8. The van der Waals surface area contributed by atoms with Crippen molar-refractivity contribution in [3.8, 4) is 0 Å². The van der Waals surface area contributed by atoms with Gasteiger partial charge in [0.05, 0.1) is 17.1 Å². The standard InChI is InChI=1S/C13H18N2O3/c1-13(2,10-16)14-9-5-7-11-6-3-4-8-12(11)15(17)18/h3-8,14,16H,9-10H2,1-2H3/b7-5+. The molecule has 98 valence electrons. The number of nitrogens with one attached hydrogen (secondary N) is 1. The van der Waals surface area contributed by atoms with Gasteiger partial charge in [-0.05, 0) is 19.9 Å². The zero-order chi connectivity index (χ0) is 13.6. The second-order valence-electron chi connectivity index (χ2n) is 4.64. The van der Waals surface area contributed by atoms with Crippen molar-refractivity contribution < 1.29 is 10.0 Å². The largest absolute Gasteiger partial charge is 0.394 e. The van der Waals surface area contributed by atoms with Gasteiger partial charge in [-0.1, -0.05) is 24.3 Å². The highest BCUT2D eigenvalue weighted by atomic mass is 16.6. The van der Waals surface area contributed by atoms with E-state index in [1.165, 1.54) is 6.07 Å². The van der Waals surface area contributed by atoms with E-state index in [2.05, 4.69) is 5.32 Å². The zero-order valence-electron chi connectivity index (χ0n) is 10.6. The maximum Gasteiger partial charge on any atom is 0.276 e. The fourth-order valence-corrected chi connectivity index (χ4v) is 1.37. The molecule has 1 rings (SSSR count). The first kappa shape index (κ1) is 14.3. The Balaban J connectivity index is 2.65. The second-order valence-corrected chi connectivity index (χ2v) is 4.64. The summed E-state index contributed by atoms with van der Waals surface area (Å²) in [5.74, 6) is 0. The van der Waals surface area contributed by atoms with E-state index in [0.29, 0.717) is 12.1 Å². The Labute approximate surface area is 106 Å². The summed E-state index contributed by atoms with van der Waals surface area (Å²) in [5.41, 5.74) is 0.314. The molecule has 0 aromatic heterocycles. The smallest absolute Gasteiger partial charge is 0.276 e. The molecule has 18 heavy (non-hydrogen) atoms. The maximum absolute atomic E-state index is 10.8. The van der Waals surface area contributed by atoms with Crippen molar-refractivity contribution in [1.82, 2.24) is 5.32 Å². The van der Waals surface area contributed by atoms with Crippen LogP contribution in [0.3, 0.4) is 0 Å². The van der Waals surface area contributed by atoms with Crippen molar-refractivity contribution in [3.63, 3.8) is 0 Å². The van der Waals surface area contributed by atoms with Gasteiger partial charge in [-0.2, -0.15) is 0 Å². The summed E-state index contributed by atoms with van der Waals surface area (Å²) in [6, 6.07) is 6.58. The fourth-order valence-electron chi connectivity index (χ4n) is 1.37. The monoisotopic (exact) mass is 250 g/mol. The summed E-state index contributed by atoms with van der Waals surface area (Å²) in [6.07, 6.45) is 3.51. The second kappa shape index (κ2) is 6.28. The molecule has 1 aromatic carbocycles. The van der Waals surface area contributed by atoms with Crippen molar-refractivity contribution in [1.29, 1.82) is 0 Å². The van der Waals surface area contributed by atoms with E-state index in [-0.39, 0.29) is 17.8 Å². The van der Waals surface area contributed by atoms with Crippen LogP contribution in [0, 0.1) is 10.1 Å². The third kappa shape index (κ3) is 4.27. The first-order chi connectivity index (χ1) is 8.46. The first-order valence-corrected chi connectivity index (χ1v) is 5.72. The minimum absolute atomic E-state index is 0.0341. The Kier molecular flexibility index (Phi) is 5.00. The van der Waals surface area contributed by atoms with Gasteiger partial charge in [0, 0.05) is 18.2 Å². The van der Waals surface area contributed by atoms with E-state index in [9.17, 15) is 10.1 Å². The van der Waals surface area contributed by atoms with Crippen LogP contribution in [0.5, 0.6) is 0 Å². The molecule has 0 bridgehead atoms. The van der Waals surface area contributed by atoms with Crippen molar-refractivity contribution in [2.45, 2.75) is 19.4 Å². The number of nitrogens with zero attached hydrogens (tertiary/aromatic N) is 1.